The molecule has 2 fully saturated rings. The summed E-state index contributed by atoms with van der Waals surface area (Å²) in [4.78, 5) is 0. The van der Waals surface area contributed by atoms with Gasteiger partial charge in [0.05, 0.1) is 11.5 Å². The van der Waals surface area contributed by atoms with E-state index in [2.05, 4.69) is 6.07 Å². The van der Waals surface area contributed by atoms with Crippen LogP contribution in [-0.2, 0) is 5.41 Å². The van der Waals surface area contributed by atoms with Crippen molar-refractivity contribution in [2.45, 2.75) is 43.9 Å². The monoisotopic (exact) mass is 263 g/mol. The first-order valence-electron chi connectivity index (χ1n) is 6.47. The highest BCUT2D eigenvalue weighted by molar-refractivity contribution is 6.31. The van der Waals surface area contributed by atoms with E-state index >= 15 is 0 Å². The van der Waals surface area contributed by atoms with Gasteiger partial charge in [-0.3, -0.25) is 0 Å². The van der Waals surface area contributed by atoms with Gasteiger partial charge in [-0.2, -0.15) is 5.26 Å². The van der Waals surface area contributed by atoms with Crippen molar-refractivity contribution >= 4 is 11.6 Å². The molecule has 0 aromatic heterocycles. The van der Waals surface area contributed by atoms with E-state index in [1.165, 1.54) is 31.7 Å². The van der Waals surface area contributed by atoms with Gasteiger partial charge >= 0.3 is 0 Å². The van der Waals surface area contributed by atoms with Crippen LogP contribution < -0.4 is 0 Å². The van der Waals surface area contributed by atoms with E-state index in [1.54, 1.807) is 12.1 Å². The highest BCUT2D eigenvalue weighted by Gasteiger charge is 2.57. The Morgan fingerprint density at radius 1 is 1.22 bits per heavy atom. The second-order valence-corrected chi connectivity index (χ2v) is 6.26. The number of benzene rings is 1. The lowest BCUT2D eigenvalue weighted by atomic mass is 9.50. The Hall–Kier alpha value is -1.07. The fourth-order valence-electron chi connectivity index (χ4n) is 3.97. The Kier molecular flexibility index (Phi) is 2.64. The third-order valence-corrected chi connectivity index (χ3v) is 4.99. The fraction of sp³-hybridized carbons (Fsp3) is 0.533. The fourth-order valence-corrected chi connectivity index (χ4v) is 4.32. The zero-order valence-corrected chi connectivity index (χ0v) is 10.9. The standard InChI is InChI=1S/C15H15ClFN/c16-11-4-3-5-12(17)13(11)15(10-18)8-14(9-15)6-1-2-7-14/h3-5H,1-2,6-9H2. The molecule has 0 radical (unpaired) electrons. The Balaban J connectivity index is 1.98. The molecule has 3 rings (SSSR count). The first kappa shape index (κ1) is 12.0. The number of hydrogen-bond donors (Lipinski definition) is 0. The highest BCUT2D eigenvalue weighted by atomic mass is 35.5. The molecule has 0 N–H and O–H groups in total. The molecule has 1 aromatic carbocycles. The van der Waals surface area contributed by atoms with Crippen LogP contribution in [0.5, 0.6) is 0 Å². The zero-order valence-electron chi connectivity index (χ0n) is 10.2. The van der Waals surface area contributed by atoms with Crippen LogP contribution in [0.3, 0.4) is 0 Å². The Bertz CT molecular complexity index is 498. The van der Waals surface area contributed by atoms with Crippen LogP contribution in [0.4, 0.5) is 4.39 Å². The summed E-state index contributed by atoms with van der Waals surface area (Å²) in [6.07, 6.45) is 6.40. The van der Waals surface area contributed by atoms with Gasteiger partial charge in [-0.1, -0.05) is 30.5 Å². The molecular formula is C15H15ClFN. The number of nitriles is 1. The van der Waals surface area contributed by atoms with Crippen LogP contribution >= 0.6 is 11.6 Å². The number of halogens is 2. The average Bonchev–Trinajstić information content (AvgIpc) is 2.76. The zero-order chi connectivity index (χ0) is 12.8. The Morgan fingerprint density at radius 2 is 1.89 bits per heavy atom. The van der Waals surface area contributed by atoms with Gasteiger partial charge in [-0.05, 0) is 43.2 Å². The van der Waals surface area contributed by atoms with Crippen molar-refractivity contribution in [3.05, 3.63) is 34.6 Å². The molecule has 3 heteroatoms. The molecule has 0 unspecified atom stereocenters. The van der Waals surface area contributed by atoms with E-state index in [0.717, 1.165) is 12.8 Å². The van der Waals surface area contributed by atoms with Crippen LogP contribution in [0, 0.1) is 22.6 Å². The third kappa shape index (κ3) is 1.57. The molecule has 0 bridgehead atoms. The van der Waals surface area contributed by atoms with Crippen molar-refractivity contribution in [3.8, 4) is 6.07 Å². The van der Waals surface area contributed by atoms with Crippen LogP contribution in [0.1, 0.15) is 44.1 Å². The second kappa shape index (κ2) is 3.96. The minimum atomic E-state index is -0.688. The minimum Gasteiger partial charge on any atom is -0.207 e. The maximum absolute atomic E-state index is 14.0. The topological polar surface area (TPSA) is 23.8 Å². The summed E-state index contributed by atoms with van der Waals surface area (Å²) in [5.41, 5.74) is 0.0281. The maximum Gasteiger partial charge on any atom is 0.129 e. The van der Waals surface area contributed by atoms with Gasteiger partial charge in [0.2, 0.25) is 0 Å². The van der Waals surface area contributed by atoms with Gasteiger partial charge in [0.15, 0.2) is 0 Å². The van der Waals surface area contributed by atoms with E-state index in [4.69, 9.17) is 11.6 Å². The van der Waals surface area contributed by atoms with E-state index in [-0.39, 0.29) is 5.82 Å². The predicted molar refractivity (Wildman–Crippen MR) is 68.8 cm³/mol. The molecular weight excluding hydrogens is 249 g/mol. The lowest BCUT2D eigenvalue weighted by Gasteiger charge is -2.51. The van der Waals surface area contributed by atoms with Gasteiger partial charge < -0.3 is 0 Å². The van der Waals surface area contributed by atoms with Crippen molar-refractivity contribution < 1.29 is 4.39 Å². The van der Waals surface area contributed by atoms with E-state index in [0.29, 0.717) is 16.0 Å². The van der Waals surface area contributed by atoms with Crippen molar-refractivity contribution in [1.29, 1.82) is 5.26 Å². The van der Waals surface area contributed by atoms with Crippen LogP contribution in [0.15, 0.2) is 18.2 Å². The van der Waals surface area contributed by atoms with Crippen LogP contribution in [-0.4, -0.2) is 0 Å². The first-order valence-corrected chi connectivity index (χ1v) is 6.84. The molecule has 1 aromatic rings. The van der Waals surface area contributed by atoms with E-state index in [1.807, 2.05) is 0 Å². The number of rotatable bonds is 1. The Morgan fingerprint density at radius 3 is 2.44 bits per heavy atom. The van der Waals surface area contributed by atoms with Crippen LogP contribution in [0.2, 0.25) is 5.02 Å². The summed E-state index contributed by atoms with van der Waals surface area (Å²) in [6.45, 7) is 0. The summed E-state index contributed by atoms with van der Waals surface area (Å²) >= 11 is 6.11. The summed E-state index contributed by atoms with van der Waals surface area (Å²) in [6, 6.07) is 7.02. The van der Waals surface area contributed by atoms with Crippen molar-refractivity contribution in [3.63, 3.8) is 0 Å². The average molecular weight is 264 g/mol. The van der Waals surface area contributed by atoms with Gasteiger partial charge in [0.1, 0.15) is 5.82 Å². The van der Waals surface area contributed by atoms with Gasteiger partial charge in [-0.15, -0.1) is 0 Å². The molecule has 2 aliphatic rings. The van der Waals surface area contributed by atoms with Crippen molar-refractivity contribution in [2.75, 3.05) is 0 Å². The molecule has 0 heterocycles. The number of hydrogen-bond acceptors (Lipinski definition) is 1. The first-order chi connectivity index (χ1) is 8.61. The molecule has 0 aliphatic heterocycles. The predicted octanol–water partition coefficient (Wildman–Crippen LogP) is 4.59. The molecule has 2 saturated carbocycles. The van der Waals surface area contributed by atoms with Crippen molar-refractivity contribution in [2.24, 2.45) is 5.41 Å². The molecule has 1 spiro atoms. The second-order valence-electron chi connectivity index (χ2n) is 5.85. The molecule has 0 amide bonds. The van der Waals surface area contributed by atoms with E-state index in [9.17, 15) is 9.65 Å². The molecule has 18 heavy (non-hydrogen) atoms. The largest absolute Gasteiger partial charge is 0.207 e. The lowest BCUT2D eigenvalue weighted by Crippen LogP contribution is -2.48. The molecule has 1 nitrogen and oxygen atoms in total. The quantitative estimate of drug-likeness (QED) is 0.727. The molecule has 2 aliphatic carbocycles. The van der Waals surface area contributed by atoms with Gasteiger partial charge in [-0.25, -0.2) is 4.39 Å². The summed E-state index contributed by atoms with van der Waals surface area (Å²) in [5, 5.41) is 9.90. The van der Waals surface area contributed by atoms with Crippen LogP contribution in [0.25, 0.3) is 0 Å². The summed E-state index contributed by atoms with van der Waals surface area (Å²) in [5.74, 6) is -0.336. The Labute approximate surface area is 112 Å². The van der Waals surface area contributed by atoms with Gasteiger partial charge in [0.25, 0.3) is 0 Å². The molecule has 0 saturated heterocycles. The lowest BCUT2D eigenvalue weighted by molar-refractivity contribution is 0.0626. The third-order valence-electron chi connectivity index (χ3n) is 4.67. The summed E-state index contributed by atoms with van der Waals surface area (Å²) < 4.78 is 14.0. The summed E-state index contributed by atoms with van der Waals surface area (Å²) in [7, 11) is 0. The molecule has 94 valence electrons. The SMILES string of the molecule is N#CC1(c2c(F)cccc2Cl)CC2(CCCC2)C1. The smallest absolute Gasteiger partial charge is 0.129 e. The maximum atomic E-state index is 14.0. The molecule has 0 atom stereocenters. The highest BCUT2D eigenvalue weighted by Crippen LogP contribution is 2.63. The normalized spacial score (nSPS) is 23.6. The van der Waals surface area contributed by atoms with E-state index < -0.39 is 5.41 Å². The minimum absolute atomic E-state index is 0.293. The van der Waals surface area contributed by atoms with Crippen molar-refractivity contribution in [1.82, 2.24) is 0 Å². The number of nitrogens with zero attached hydrogens (tertiary/aromatic N) is 1. The van der Waals surface area contributed by atoms with Gasteiger partial charge in [0, 0.05) is 10.6 Å².